The lowest BCUT2D eigenvalue weighted by Crippen LogP contribution is -2.32. The topological polar surface area (TPSA) is 12.0 Å². The second-order valence-corrected chi connectivity index (χ2v) is 5.10. The lowest BCUT2D eigenvalue weighted by molar-refractivity contribution is 0.564. The highest BCUT2D eigenvalue weighted by atomic mass is 79.9. The van der Waals surface area contributed by atoms with E-state index in [1.54, 1.807) is 0 Å². The minimum atomic E-state index is 0.384. The number of hydrogen-bond donors (Lipinski definition) is 1. The summed E-state index contributed by atoms with van der Waals surface area (Å²) in [7, 11) is 0. The molecule has 1 N–H and O–H groups in total. The van der Waals surface area contributed by atoms with E-state index in [1.165, 1.54) is 11.1 Å². The van der Waals surface area contributed by atoms with E-state index in [0.717, 1.165) is 23.9 Å². The van der Waals surface area contributed by atoms with Gasteiger partial charge in [-0.2, -0.15) is 0 Å². The van der Waals surface area contributed by atoms with E-state index in [-0.39, 0.29) is 0 Å². The second-order valence-electron chi connectivity index (χ2n) is 4.19. The highest BCUT2D eigenvalue weighted by Gasteiger charge is 2.09. The summed E-state index contributed by atoms with van der Waals surface area (Å²) in [5.41, 5.74) is 2.54. The van der Waals surface area contributed by atoms with Crippen molar-refractivity contribution in [2.24, 2.45) is 0 Å². The minimum Gasteiger partial charge on any atom is -0.310 e. The Morgan fingerprint density at radius 2 is 2.25 bits per heavy atom. The van der Waals surface area contributed by atoms with E-state index in [1.807, 2.05) is 0 Å². The maximum atomic E-state index is 4.05. The van der Waals surface area contributed by atoms with Crippen molar-refractivity contribution in [2.75, 3.05) is 6.54 Å². The first-order valence-corrected chi connectivity index (χ1v) is 6.56. The summed E-state index contributed by atoms with van der Waals surface area (Å²) in [6.45, 7) is 9.37. The monoisotopic (exact) mass is 281 g/mol. The maximum absolute atomic E-state index is 4.05. The molecule has 16 heavy (non-hydrogen) atoms. The molecule has 0 saturated carbocycles. The van der Waals surface area contributed by atoms with Crippen LogP contribution in [0.4, 0.5) is 0 Å². The van der Waals surface area contributed by atoms with Crippen molar-refractivity contribution >= 4 is 15.9 Å². The van der Waals surface area contributed by atoms with Crippen LogP contribution in [0.1, 0.15) is 25.8 Å². The van der Waals surface area contributed by atoms with Crippen molar-refractivity contribution in [3.63, 3.8) is 0 Å². The normalized spacial score (nSPS) is 12.4. The van der Waals surface area contributed by atoms with Gasteiger partial charge in [0.2, 0.25) is 0 Å². The Bertz CT molecular complexity index is 346. The average molecular weight is 282 g/mol. The molecule has 0 radical (unpaired) electrons. The van der Waals surface area contributed by atoms with Gasteiger partial charge >= 0.3 is 0 Å². The Morgan fingerprint density at radius 3 is 2.81 bits per heavy atom. The first kappa shape index (κ1) is 13.5. The maximum Gasteiger partial charge on any atom is 0.0314 e. The molecule has 0 fully saturated rings. The zero-order valence-corrected chi connectivity index (χ0v) is 11.7. The van der Waals surface area contributed by atoms with Crippen molar-refractivity contribution in [2.45, 2.75) is 32.7 Å². The highest BCUT2D eigenvalue weighted by molar-refractivity contribution is 9.10. The first-order valence-electron chi connectivity index (χ1n) is 5.76. The van der Waals surface area contributed by atoms with Gasteiger partial charge in [-0.1, -0.05) is 47.1 Å². The molecule has 88 valence electrons. The molecule has 1 nitrogen and oxygen atoms in total. The van der Waals surface area contributed by atoms with Gasteiger partial charge in [-0.3, -0.25) is 0 Å². The Morgan fingerprint density at radius 1 is 1.50 bits per heavy atom. The number of rotatable bonds is 6. The minimum absolute atomic E-state index is 0.384. The van der Waals surface area contributed by atoms with Crippen LogP contribution in [0.25, 0.3) is 0 Å². The van der Waals surface area contributed by atoms with Crippen molar-refractivity contribution in [3.8, 4) is 0 Å². The molecule has 1 aromatic rings. The molecule has 0 amide bonds. The third-order valence-corrected chi connectivity index (χ3v) is 3.06. The summed E-state index contributed by atoms with van der Waals surface area (Å²) in [6.07, 6.45) is 2.16. The fourth-order valence-corrected chi connectivity index (χ4v) is 2.09. The zero-order valence-electron chi connectivity index (χ0n) is 10.1. The van der Waals surface area contributed by atoms with Gasteiger partial charge in [0.1, 0.15) is 0 Å². The van der Waals surface area contributed by atoms with E-state index >= 15 is 0 Å². The molecule has 0 aliphatic heterocycles. The van der Waals surface area contributed by atoms with Crippen molar-refractivity contribution in [1.29, 1.82) is 0 Å². The van der Waals surface area contributed by atoms with Crippen LogP contribution in [0, 0.1) is 0 Å². The molecule has 0 spiro atoms. The van der Waals surface area contributed by atoms with E-state index in [2.05, 4.69) is 65.9 Å². The second kappa shape index (κ2) is 6.87. The van der Waals surface area contributed by atoms with Gasteiger partial charge in [0.15, 0.2) is 0 Å². The Kier molecular flexibility index (Phi) is 5.78. The molecule has 0 aromatic heterocycles. The summed E-state index contributed by atoms with van der Waals surface area (Å²) in [5.74, 6) is 0. The molecule has 1 atom stereocenters. The summed E-state index contributed by atoms with van der Waals surface area (Å²) in [5, 5.41) is 3.52. The smallest absolute Gasteiger partial charge is 0.0314 e. The van der Waals surface area contributed by atoms with Gasteiger partial charge in [-0.15, -0.1) is 0 Å². The lowest BCUT2D eigenvalue weighted by atomic mass is 10.0. The zero-order chi connectivity index (χ0) is 12.0. The average Bonchev–Trinajstić information content (AvgIpc) is 2.24. The predicted molar refractivity (Wildman–Crippen MR) is 74.7 cm³/mol. The number of nitrogens with one attached hydrogen (secondary N) is 1. The molecule has 0 aliphatic rings. The van der Waals surface area contributed by atoms with Crippen LogP contribution in [0.5, 0.6) is 0 Å². The number of halogens is 1. The van der Waals surface area contributed by atoms with Crippen LogP contribution >= 0.6 is 15.9 Å². The first-order chi connectivity index (χ1) is 7.63. The highest BCUT2D eigenvalue weighted by Crippen LogP contribution is 2.15. The van der Waals surface area contributed by atoms with E-state index < -0.39 is 0 Å². The summed E-state index contributed by atoms with van der Waals surface area (Å²) >= 11 is 3.50. The third-order valence-electron chi connectivity index (χ3n) is 2.56. The van der Waals surface area contributed by atoms with Crippen molar-refractivity contribution in [1.82, 2.24) is 5.32 Å². The van der Waals surface area contributed by atoms with Crippen LogP contribution in [0.3, 0.4) is 0 Å². The fourth-order valence-electron chi connectivity index (χ4n) is 1.64. The SMILES string of the molecule is C=C(C)C(Cc1cccc(Br)c1)NCCC. The van der Waals surface area contributed by atoms with Crippen molar-refractivity contribution < 1.29 is 0 Å². The quantitative estimate of drug-likeness (QED) is 0.779. The molecule has 0 aliphatic carbocycles. The molecule has 0 heterocycles. The van der Waals surface area contributed by atoms with Crippen LogP contribution < -0.4 is 5.32 Å². The molecule has 2 heteroatoms. The van der Waals surface area contributed by atoms with Crippen LogP contribution in [-0.4, -0.2) is 12.6 Å². The molecular weight excluding hydrogens is 262 g/mol. The Labute approximate surface area is 107 Å². The van der Waals surface area contributed by atoms with Crippen LogP contribution in [-0.2, 0) is 6.42 Å². The summed E-state index contributed by atoms with van der Waals surface area (Å²) in [6, 6.07) is 8.85. The molecule has 0 bridgehead atoms. The van der Waals surface area contributed by atoms with Crippen LogP contribution in [0.15, 0.2) is 40.9 Å². The lowest BCUT2D eigenvalue weighted by Gasteiger charge is -2.18. The van der Waals surface area contributed by atoms with Gasteiger partial charge in [-0.05, 0) is 44.0 Å². The summed E-state index contributed by atoms with van der Waals surface area (Å²) in [4.78, 5) is 0. The van der Waals surface area contributed by atoms with E-state index in [9.17, 15) is 0 Å². The fraction of sp³-hybridized carbons (Fsp3) is 0.429. The van der Waals surface area contributed by atoms with Gasteiger partial charge in [-0.25, -0.2) is 0 Å². The Hall–Kier alpha value is -0.600. The predicted octanol–water partition coefficient (Wildman–Crippen LogP) is 3.94. The largest absolute Gasteiger partial charge is 0.310 e. The van der Waals surface area contributed by atoms with Gasteiger partial charge in [0, 0.05) is 10.5 Å². The van der Waals surface area contributed by atoms with E-state index in [0.29, 0.717) is 6.04 Å². The molecule has 1 aromatic carbocycles. The molecule has 0 saturated heterocycles. The van der Waals surface area contributed by atoms with Crippen LogP contribution in [0.2, 0.25) is 0 Å². The third kappa shape index (κ3) is 4.50. The molecule has 1 unspecified atom stereocenters. The van der Waals surface area contributed by atoms with Gasteiger partial charge in [0.25, 0.3) is 0 Å². The van der Waals surface area contributed by atoms with Gasteiger partial charge in [0.05, 0.1) is 0 Å². The number of benzene rings is 1. The standard InChI is InChI=1S/C14H20BrN/c1-4-8-16-14(11(2)3)10-12-6-5-7-13(15)9-12/h5-7,9,14,16H,2,4,8,10H2,1,3H3. The van der Waals surface area contributed by atoms with Gasteiger partial charge < -0.3 is 5.32 Å². The summed E-state index contributed by atoms with van der Waals surface area (Å²) < 4.78 is 1.14. The number of hydrogen-bond acceptors (Lipinski definition) is 1. The Balaban J connectivity index is 2.64. The molecule has 1 rings (SSSR count). The van der Waals surface area contributed by atoms with E-state index in [4.69, 9.17) is 0 Å². The van der Waals surface area contributed by atoms with Crippen molar-refractivity contribution in [3.05, 3.63) is 46.5 Å². The molecular formula is C14H20BrN.